The fraction of sp³-hybridized carbons (Fsp3) is 0.700. The van der Waals surface area contributed by atoms with Crippen molar-refractivity contribution in [2.45, 2.75) is 108 Å². The standard InChI is InChI=1S/C30H43NO9Si/c1-27(2,3)41(8,9)39-24-23-22(37-28(4,5)38-23)21-19(36-17-18-13-11-10-12-14-18)15-16-20-29(21,25(32)34-6)30(24,40-31-20)26(33)35-7/h10-14,19,21-24H,15-17H2,1-9H3/t19-,21-,22-,23-,24+,29-,30-/m0/s1. The predicted molar refractivity (Wildman–Crippen MR) is 151 cm³/mol. The molecule has 2 saturated carbocycles. The molecule has 2 aliphatic heterocycles. The summed E-state index contributed by atoms with van der Waals surface area (Å²) in [4.78, 5) is 34.7. The molecule has 1 saturated heterocycles. The average Bonchev–Trinajstić information content (AvgIpc) is 3.44. The van der Waals surface area contributed by atoms with Gasteiger partial charge in [0.15, 0.2) is 19.5 Å². The smallest absolute Gasteiger partial charge is 0.357 e. The van der Waals surface area contributed by atoms with Gasteiger partial charge < -0.3 is 32.9 Å². The van der Waals surface area contributed by atoms with Gasteiger partial charge in [-0.15, -0.1) is 0 Å². The zero-order chi connectivity index (χ0) is 30.0. The van der Waals surface area contributed by atoms with Gasteiger partial charge in [-0.2, -0.15) is 0 Å². The first-order valence-electron chi connectivity index (χ1n) is 14.3. The van der Waals surface area contributed by atoms with Crippen molar-refractivity contribution in [3.05, 3.63) is 35.9 Å². The molecule has 3 fully saturated rings. The highest BCUT2D eigenvalue weighted by molar-refractivity contribution is 6.74. The van der Waals surface area contributed by atoms with Gasteiger partial charge in [-0.3, -0.25) is 4.79 Å². The summed E-state index contributed by atoms with van der Waals surface area (Å²) in [6.07, 6.45) is -2.17. The highest BCUT2D eigenvalue weighted by Crippen LogP contribution is 2.64. The lowest BCUT2D eigenvalue weighted by Crippen LogP contribution is -2.80. The maximum absolute atomic E-state index is 14.3. The molecule has 2 aliphatic carbocycles. The normalized spacial score (nSPS) is 35.5. The number of methoxy groups -OCH3 is 2. The average molecular weight is 590 g/mol. The second-order valence-corrected chi connectivity index (χ2v) is 18.2. The SMILES string of the molecule is COC(=O)[C@@]12C3=NO[C@]1(C(=O)OC)[C@H](O[Si](C)(C)C(C)(C)C)[C@H]1OC(C)(C)O[C@H]1[C@@H]2[C@@H](OCc1ccccc1)CC3. The number of ether oxygens (including phenoxy) is 5. The van der Waals surface area contributed by atoms with E-state index in [1.165, 1.54) is 14.2 Å². The molecular weight excluding hydrogens is 546 g/mol. The Morgan fingerprint density at radius 2 is 1.66 bits per heavy atom. The Morgan fingerprint density at radius 3 is 2.27 bits per heavy atom. The molecule has 0 unspecified atom stereocenters. The van der Waals surface area contributed by atoms with E-state index in [0.717, 1.165) is 5.56 Å². The van der Waals surface area contributed by atoms with Crippen molar-refractivity contribution in [3.63, 3.8) is 0 Å². The van der Waals surface area contributed by atoms with Gasteiger partial charge in [0.1, 0.15) is 12.2 Å². The first kappa shape index (κ1) is 30.2. The van der Waals surface area contributed by atoms with Crippen molar-refractivity contribution in [1.29, 1.82) is 0 Å². The zero-order valence-electron chi connectivity index (χ0n) is 25.5. The van der Waals surface area contributed by atoms with Crippen LogP contribution in [0, 0.1) is 11.3 Å². The molecule has 0 N–H and O–H groups in total. The van der Waals surface area contributed by atoms with Crippen LogP contribution < -0.4 is 0 Å². The van der Waals surface area contributed by atoms with Gasteiger partial charge in [0.05, 0.1) is 38.7 Å². The number of carbonyl (C=O) groups is 2. The van der Waals surface area contributed by atoms with Crippen LogP contribution in [0.4, 0.5) is 0 Å². The monoisotopic (exact) mass is 589 g/mol. The predicted octanol–water partition coefficient (Wildman–Crippen LogP) is 4.36. The molecule has 7 atom stereocenters. The number of fused-ring (bicyclic) bond motifs is 2. The first-order valence-corrected chi connectivity index (χ1v) is 17.2. The first-order chi connectivity index (χ1) is 19.2. The fourth-order valence-corrected chi connectivity index (χ4v) is 8.13. The van der Waals surface area contributed by atoms with E-state index in [9.17, 15) is 9.59 Å². The Balaban J connectivity index is 1.72. The topological polar surface area (TPSA) is 111 Å². The molecule has 0 spiro atoms. The molecular formula is C30H43NO9Si. The lowest BCUT2D eigenvalue weighted by molar-refractivity contribution is -0.256. The molecule has 0 radical (unpaired) electrons. The summed E-state index contributed by atoms with van der Waals surface area (Å²) in [5, 5.41) is 4.19. The van der Waals surface area contributed by atoms with E-state index in [1.807, 2.05) is 44.2 Å². The largest absolute Gasteiger partial charge is 0.468 e. The molecule has 41 heavy (non-hydrogen) atoms. The highest BCUT2D eigenvalue weighted by atomic mass is 28.4. The zero-order valence-corrected chi connectivity index (χ0v) is 26.5. The Hall–Kier alpha value is -2.31. The fourth-order valence-electron chi connectivity index (χ4n) is 6.84. The molecule has 0 aromatic heterocycles. The van der Waals surface area contributed by atoms with Crippen LogP contribution in [0.1, 0.15) is 53.0 Å². The van der Waals surface area contributed by atoms with E-state index in [0.29, 0.717) is 25.2 Å². The number of hydrogen-bond donors (Lipinski definition) is 0. The summed E-state index contributed by atoms with van der Waals surface area (Å²) < 4.78 is 37.7. The lowest BCUT2D eigenvalue weighted by Gasteiger charge is -2.58. The Kier molecular flexibility index (Phi) is 7.47. The van der Waals surface area contributed by atoms with E-state index >= 15 is 0 Å². The molecule has 0 bridgehead atoms. The third kappa shape index (κ3) is 4.38. The summed E-state index contributed by atoms with van der Waals surface area (Å²) in [7, 11) is -0.0334. The van der Waals surface area contributed by atoms with Gasteiger partial charge >= 0.3 is 11.9 Å². The molecule has 1 aromatic rings. The summed E-state index contributed by atoms with van der Waals surface area (Å²) in [6, 6.07) is 9.80. The van der Waals surface area contributed by atoms with Crippen LogP contribution in [0.5, 0.6) is 0 Å². The number of carbonyl (C=O) groups excluding carboxylic acids is 2. The quantitative estimate of drug-likeness (QED) is 0.338. The Labute approximate surface area is 243 Å². The molecule has 4 aliphatic rings. The van der Waals surface area contributed by atoms with E-state index in [-0.39, 0.29) is 5.04 Å². The van der Waals surface area contributed by atoms with Crippen molar-refractivity contribution in [3.8, 4) is 0 Å². The molecule has 226 valence electrons. The number of rotatable bonds is 7. The van der Waals surface area contributed by atoms with E-state index < -0.39 is 67.4 Å². The van der Waals surface area contributed by atoms with Gasteiger partial charge in [-0.05, 0) is 50.4 Å². The van der Waals surface area contributed by atoms with E-state index in [2.05, 4.69) is 39.0 Å². The maximum atomic E-state index is 14.3. The van der Waals surface area contributed by atoms with Crippen molar-refractivity contribution in [2.75, 3.05) is 14.2 Å². The molecule has 10 nitrogen and oxygen atoms in total. The summed E-state index contributed by atoms with van der Waals surface area (Å²) >= 11 is 0. The van der Waals surface area contributed by atoms with Gasteiger partial charge in [0.2, 0.25) is 0 Å². The Bertz CT molecular complexity index is 1210. The van der Waals surface area contributed by atoms with Crippen LogP contribution in [0.15, 0.2) is 35.5 Å². The van der Waals surface area contributed by atoms with E-state index in [1.54, 1.807) is 0 Å². The van der Waals surface area contributed by atoms with Crippen LogP contribution >= 0.6 is 0 Å². The maximum Gasteiger partial charge on any atom is 0.357 e. The minimum absolute atomic E-state index is 0.236. The van der Waals surface area contributed by atoms with Crippen LogP contribution in [-0.4, -0.2) is 76.0 Å². The third-order valence-corrected chi connectivity index (χ3v) is 14.1. The summed E-state index contributed by atoms with van der Waals surface area (Å²) in [5.74, 6) is -3.20. The van der Waals surface area contributed by atoms with Crippen molar-refractivity contribution >= 4 is 26.0 Å². The van der Waals surface area contributed by atoms with Gasteiger partial charge in [0, 0.05) is 5.92 Å². The number of nitrogens with zero attached hydrogens (tertiary/aromatic N) is 1. The molecule has 5 rings (SSSR count). The summed E-state index contributed by atoms with van der Waals surface area (Å²) in [5.41, 5.74) is -2.33. The lowest BCUT2D eigenvalue weighted by atomic mass is 9.48. The number of esters is 2. The van der Waals surface area contributed by atoms with Gasteiger partial charge in [-0.25, -0.2) is 4.79 Å². The molecule has 11 heteroatoms. The van der Waals surface area contributed by atoms with Crippen LogP contribution in [0.3, 0.4) is 0 Å². The highest BCUT2D eigenvalue weighted by Gasteiger charge is 2.86. The second-order valence-electron chi connectivity index (χ2n) is 13.4. The minimum Gasteiger partial charge on any atom is -0.468 e. The number of oxime groups is 1. The van der Waals surface area contributed by atoms with Crippen LogP contribution in [0.25, 0.3) is 0 Å². The van der Waals surface area contributed by atoms with E-state index in [4.69, 9.17) is 32.9 Å². The second kappa shape index (κ2) is 10.2. The Morgan fingerprint density at radius 1 is 1.02 bits per heavy atom. The summed E-state index contributed by atoms with van der Waals surface area (Å²) in [6.45, 7) is 14.4. The van der Waals surface area contributed by atoms with Gasteiger partial charge in [0.25, 0.3) is 5.60 Å². The molecule has 2 heterocycles. The van der Waals surface area contributed by atoms with Crippen LogP contribution in [-0.2, 0) is 49.1 Å². The number of benzene rings is 1. The minimum atomic E-state index is -2.61. The van der Waals surface area contributed by atoms with Gasteiger partial charge in [-0.1, -0.05) is 56.3 Å². The molecule has 1 aromatic carbocycles. The molecule has 0 amide bonds. The third-order valence-electron chi connectivity index (χ3n) is 9.65. The van der Waals surface area contributed by atoms with Crippen molar-refractivity contribution < 1.29 is 42.5 Å². The van der Waals surface area contributed by atoms with Crippen molar-refractivity contribution in [2.24, 2.45) is 16.5 Å². The van der Waals surface area contributed by atoms with Crippen LogP contribution in [0.2, 0.25) is 18.1 Å². The van der Waals surface area contributed by atoms with Crippen molar-refractivity contribution in [1.82, 2.24) is 0 Å². The number of hydrogen-bond acceptors (Lipinski definition) is 10.